The summed E-state index contributed by atoms with van der Waals surface area (Å²) < 4.78 is 30.7. The van der Waals surface area contributed by atoms with Crippen LogP contribution in [-0.4, -0.2) is 38.2 Å². The van der Waals surface area contributed by atoms with E-state index in [1.807, 2.05) is 0 Å². The van der Waals surface area contributed by atoms with Crippen LogP contribution < -0.4 is 10.1 Å². The van der Waals surface area contributed by atoms with E-state index in [4.69, 9.17) is 16.3 Å². The van der Waals surface area contributed by atoms with E-state index in [0.717, 1.165) is 0 Å². The van der Waals surface area contributed by atoms with E-state index in [9.17, 15) is 18.0 Å². The number of carbonyl (C=O) groups excluding carboxylic acids is 2. The number of ether oxygens (including phenoxy) is 1. The van der Waals surface area contributed by atoms with Crippen LogP contribution in [0.2, 0.25) is 5.02 Å². The summed E-state index contributed by atoms with van der Waals surface area (Å²) in [5.74, 6) is -1.07. The molecule has 0 saturated heterocycles. The summed E-state index contributed by atoms with van der Waals surface area (Å²) in [5.41, 5.74) is 1.10. The van der Waals surface area contributed by atoms with Crippen LogP contribution in [0.5, 0.6) is 5.75 Å². The van der Waals surface area contributed by atoms with Gasteiger partial charge in [-0.2, -0.15) is 0 Å². The highest BCUT2D eigenvalue weighted by atomic mass is 35.5. The molecule has 3 rings (SSSR count). The van der Waals surface area contributed by atoms with E-state index in [0.29, 0.717) is 26.3 Å². The third-order valence-corrected chi connectivity index (χ3v) is 6.15. The Kier molecular flexibility index (Phi) is 4.64. The average Bonchev–Trinajstić information content (AvgIpc) is 2.79. The molecule has 0 atom stereocenters. The lowest BCUT2D eigenvalue weighted by molar-refractivity contribution is -0.116. The monoisotopic (exact) mass is 394 g/mol. The molecular weight excluding hydrogens is 380 g/mol. The zero-order valence-electron chi connectivity index (χ0n) is 13.9. The van der Waals surface area contributed by atoms with Crippen molar-refractivity contribution in [1.82, 2.24) is 4.31 Å². The lowest BCUT2D eigenvalue weighted by Crippen LogP contribution is -2.37. The molecule has 2 amide bonds. The normalized spacial score (nSPS) is 14.9. The van der Waals surface area contributed by atoms with Crippen molar-refractivity contribution in [1.29, 1.82) is 0 Å². The SMILES string of the molecule is COc1cc(Cl)c(C)cc1NC(=O)CN1C(=O)c2ccccc2S1(=O)=O. The molecule has 26 heavy (non-hydrogen) atoms. The molecule has 0 aliphatic carbocycles. The number of benzene rings is 2. The number of nitrogens with one attached hydrogen (secondary N) is 1. The Hall–Kier alpha value is -2.58. The molecule has 1 aliphatic rings. The Labute approximate surface area is 155 Å². The standard InChI is InChI=1S/C17H15ClN2O5S/c1-10-7-13(14(25-2)8-12(10)18)19-16(21)9-20-17(22)11-5-3-4-6-15(11)26(20,23)24/h3-8H,9H2,1-2H3,(H,19,21). The topological polar surface area (TPSA) is 92.8 Å². The summed E-state index contributed by atoms with van der Waals surface area (Å²) in [6, 6.07) is 8.99. The van der Waals surface area contributed by atoms with Crippen molar-refractivity contribution in [3.63, 3.8) is 0 Å². The molecule has 0 radical (unpaired) electrons. The molecule has 1 N–H and O–H groups in total. The van der Waals surface area contributed by atoms with Crippen molar-refractivity contribution in [2.75, 3.05) is 19.0 Å². The number of amides is 2. The number of rotatable bonds is 4. The van der Waals surface area contributed by atoms with Crippen molar-refractivity contribution in [2.24, 2.45) is 0 Å². The van der Waals surface area contributed by atoms with Crippen LogP contribution in [0.4, 0.5) is 5.69 Å². The Bertz CT molecular complexity index is 1020. The summed E-state index contributed by atoms with van der Waals surface area (Å²) >= 11 is 6.02. The number of anilines is 1. The molecule has 0 spiro atoms. The van der Waals surface area contributed by atoms with Gasteiger partial charge >= 0.3 is 0 Å². The molecule has 1 aliphatic heterocycles. The summed E-state index contributed by atoms with van der Waals surface area (Å²) in [5, 5.41) is 3.03. The predicted molar refractivity (Wildman–Crippen MR) is 96.0 cm³/mol. The third kappa shape index (κ3) is 3.02. The fourth-order valence-electron chi connectivity index (χ4n) is 2.64. The van der Waals surface area contributed by atoms with Gasteiger partial charge in [0.25, 0.3) is 15.9 Å². The molecular formula is C17H15ClN2O5S. The maximum atomic E-state index is 12.5. The Morgan fingerprint density at radius 3 is 2.62 bits per heavy atom. The van der Waals surface area contributed by atoms with Gasteiger partial charge in [-0.1, -0.05) is 23.7 Å². The van der Waals surface area contributed by atoms with Crippen LogP contribution >= 0.6 is 11.6 Å². The number of sulfonamides is 1. The van der Waals surface area contributed by atoms with E-state index < -0.39 is 28.4 Å². The highest BCUT2D eigenvalue weighted by molar-refractivity contribution is 7.90. The first-order chi connectivity index (χ1) is 12.3. The summed E-state index contributed by atoms with van der Waals surface area (Å²) in [6.07, 6.45) is 0. The molecule has 7 nitrogen and oxygen atoms in total. The van der Waals surface area contributed by atoms with Gasteiger partial charge < -0.3 is 10.1 Å². The van der Waals surface area contributed by atoms with Gasteiger partial charge in [-0.05, 0) is 30.7 Å². The van der Waals surface area contributed by atoms with Gasteiger partial charge in [-0.3, -0.25) is 9.59 Å². The Balaban J connectivity index is 1.84. The third-order valence-electron chi connectivity index (χ3n) is 3.95. The summed E-state index contributed by atoms with van der Waals surface area (Å²) in [7, 11) is -2.62. The van der Waals surface area contributed by atoms with Crippen LogP contribution in [0.1, 0.15) is 15.9 Å². The van der Waals surface area contributed by atoms with Crippen molar-refractivity contribution in [2.45, 2.75) is 11.8 Å². The highest BCUT2D eigenvalue weighted by Gasteiger charge is 2.41. The van der Waals surface area contributed by atoms with Crippen LogP contribution in [0.25, 0.3) is 0 Å². The lowest BCUT2D eigenvalue weighted by Gasteiger charge is -2.16. The number of hydrogen-bond acceptors (Lipinski definition) is 5. The number of halogens is 1. The lowest BCUT2D eigenvalue weighted by atomic mass is 10.2. The van der Waals surface area contributed by atoms with E-state index >= 15 is 0 Å². The smallest absolute Gasteiger partial charge is 0.269 e. The van der Waals surface area contributed by atoms with Gasteiger partial charge in [0.05, 0.1) is 18.4 Å². The molecule has 0 unspecified atom stereocenters. The first-order valence-corrected chi connectivity index (χ1v) is 9.37. The van der Waals surface area contributed by atoms with Crippen molar-refractivity contribution in [3.8, 4) is 5.75 Å². The number of nitrogens with zero attached hydrogens (tertiary/aromatic N) is 1. The number of aryl methyl sites for hydroxylation is 1. The second-order valence-corrected chi connectivity index (χ2v) is 7.90. The minimum absolute atomic E-state index is 0.0558. The van der Waals surface area contributed by atoms with Crippen molar-refractivity contribution >= 4 is 39.1 Å². The Morgan fingerprint density at radius 2 is 1.96 bits per heavy atom. The summed E-state index contributed by atoms with van der Waals surface area (Å²) in [6.45, 7) is 1.11. The van der Waals surface area contributed by atoms with Gasteiger partial charge in [0.2, 0.25) is 5.91 Å². The van der Waals surface area contributed by atoms with Gasteiger partial charge in [0.1, 0.15) is 17.2 Å². The zero-order chi connectivity index (χ0) is 19.1. The zero-order valence-corrected chi connectivity index (χ0v) is 15.5. The first kappa shape index (κ1) is 18.2. The first-order valence-electron chi connectivity index (χ1n) is 7.56. The molecule has 0 bridgehead atoms. The van der Waals surface area contributed by atoms with E-state index in [1.54, 1.807) is 25.1 Å². The fraction of sp³-hybridized carbons (Fsp3) is 0.176. The van der Waals surface area contributed by atoms with E-state index in [-0.39, 0.29) is 10.5 Å². The van der Waals surface area contributed by atoms with Crippen LogP contribution in [0.15, 0.2) is 41.3 Å². The Morgan fingerprint density at radius 1 is 1.27 bits per heavy atom. The maximum Gasteiger partial charge on any atom is 0.269 e. The fourth-order valence-corrected chi connectivity index (χ4v) is 4.32. The number of hydrogen-bond donors (Lipinski definition) is 1. The van der Waals surface area contributed by atoms with Crippen molar-refractivity contribution < 1.29 is 22.7 Å². The van der Waals surface area contributed by atoms with Gasteiger partial charge in [-0.15, -0.1) is 0 Å². The molecule has 9 heteroatoms. The van der Waals surface area contributed by atoms with Crippen molar-refractivity contribution in [3.05, 3.63) is 52.5 Å². The molecule has 136 valence electrons. The molecule has 0 saturated carbocycles. The minimum atomic E-state index is -4.04. The molecule has 2 aromatic carbocycles. The second-order valence-electron chi connectivity index (χ2n) is 5.66. The van der Waals surface area contributed by atoms with E-state index in [2.05, 4.69) is 5.32 Å². The average molecular weight is 395 g/mol. The predicted octanol–water partition coefficient (Wildman–Crippen LogP) is 2.44. The minimum Gasteiger partial charge on any atom is -0.495 e. The molecule has 1 heterocycles. The van der Waals surface area contributed by atoms with Crippen LogP contribution in [0, 0.1) is 6.92 Å². The highest BCUT2D eigenvalue weighted by Crippen LogP contribution is 2.32. The van der Waals surface area contributed by atoms with E-state index in [1.165, 1.54) is 25.3 Å². The van der Waals surface area contributed by atoms with Gasteiger partial charge in [-0.25, -0.2) is 12.7 Å². The van der Waals surface area contributed by atoms with Crippen LogP contribution in [0.3, 0.4) is 0 Å². The number of methoxy groups -OCH3 is 1. The van der Waals surface area contributed by atoms with Gasteiger partial charge in [0, 0.05) is 11.1 Å². The van der Waals surface area contributed by atoms with Gasteiger partial charge in [0.15, 0.2) is 0 Å². The molecule has 0 aromatic heterocycles. The maximum absolute atomic E-state index is 12.5. The second kappa shape index (κ2) is 6.62. The number of fused-ring (bicyclic) bond motifs is 1. The quantitative estimate of drug-likeness (QED) is 0.859. The number of carbonyl (C=O) groups is 2. The largest absolute Gasteiger partial charge is 0.495 e. The molecule has 2 aromatic rings. The van der Waals surface area contributed by atoms with Crippen LogP contribution in [-0.2, 0) is 14.8 Å². The summed E-state index contributed by atoms with van der Waals surface area (Å²) in [4.78, 5) is 24.6. The molecule has 0 fully saturated rings.